The van der Waals surface area contributed by atoms with Crippen LogP contribution in [0.3, 0.4) is 0 Å². The van der Waals surface area contributed by atoms with Crippen molar-refractivity contribution >= 4 is 21.8 Å². The highest BCUT2D eigenvalue weighted by molar-refractivity contribution is 9.10. The summed E-state index contributed by atoms with van der Waals surface area (Å²) in [5, 5.41) is 4.80. The highest BCUT2D eigenvalue weighted by atomic mass is 79.9. The summed E-state index contributed by atoms with van der Waals surface area (Å²) < 4.78 is 3.02. The summed E-state index contributed by atoms with van der Waals surface area (Å²) in [6, 6.07) is 0. The van der Waals surface area contributed by atoms with Gasteiger partial charge in [0.25, 0.3) is 5.91 Å². The molecular weight excluding hydrogens is 354 g/mol. The average Bonchev–Trinajstić information content (AvgIpc) is 2.90. The minimum Gasteiger partial charge on any atom is -0.338 e. The maximum Gasteiger partial charge on any atom is 0.275 e. The lowest BCUT2D eigenvalue weighted by Gasteiger charge is -2.56. The predicted molar refractivity (Wildman–Crippen MR) is 93.3 cm³/mol. The van der Waals surface area contributed by atoms with Gasteiger partial charge in [0, 0.05) is 19.3 Å². The molecule has 5 rings (SSSR count). The Morgan fingerprint density at radius 1 is 1.22 bits per heavy atom. The van der Waals surface area contributed by atoms with Crippen LogP contribution < -0.4 is 0 Å². The summed E-state index contributed by atoms with van der Waals surface area (Å²) in [5.74, 6) is 2.69. The predicted octanol–water partition coefficient (Wildman–Crippen LogP) is 4.05. The second kappa shape index (κ2) is 5.61. The Morgan fingerprint density at radius 3 is 2.22 bits per heavy atom. The molecule has 23 heavy (non-hydrogen) atoms. The third-order valence-electron chi connectivity index (χ3n) is 6.41. The molecule has 0 unspecified atom stereocenters. The van der Waals surface area contributed by atoms with E-state index in [0.29, 0.717) is 5.69 Å². The summed E-state index contributed by atoms with van der Waals surface area (Å²) in [6.07, 6.45) is 10.1. The number of carbonyl (C=O) groups excluding carboxylic acids is 1. The number of nitrogens with zero attached hydrogens (tertiary/aromatic N) is 3. The second-order valence-electron chi connectivity index (χ2n) is 7.89. The van der Waals surface area contributed by atoms with Crippen LogP contribution in [0.4, 0.5) is 0 Å². The molecule has 0 spiro atoms. The van der Waals surface area contributed by atoms with Crippen LogP contribution in [-0.4, -0.2) is 33.7 Å². The third kappa shape index (κ3) is 2.46. The summed E-state index contributed by atoms with van der Waals surface area (Å²) in [4.78, 5) is 14.5. The van der Waals surface area contributed by atoms with Crippen LogP contribution in [-0.2, 0) is 5.54 Å². The number of hydrogen-bond acceptors (Lipinski definition) is 2. The molecule has 1 amide bonds. The molecule has 0 aliphatic heterocycles. The zero-order valence-electron chi connectivity index (χ0n) is 14.1. The molecule has 4 bridgehead atoms. The molecule has 4 aliphatic rings. The topological polar surface area (TPSA) is 38.1 Å². The highest BCUT2D eigenvalue weighted by Gasteiger charge is 2.52. The lowest BCUT2D eigenvalue weighted by molar-refractivity contribution is -0.0495. The summed E-state index contributed by atoms with van der Waals surface area (Å²) in [7, 11) is 0. The van der Waals surface area contributed by atoms with Gasteiger partial charge in [-0.1, -0.05) is 0 Å². The van der Waals surface area contributed by atoms with Gasteiger partial charge in [-0.15, -0.1) is 0 Å². The molecule has 4 nitrogen and oxygen atoms in total. The zero-order valence-corrected chi connectivity index (χ0v) is 15.7. The minimum atomic E-state index is 0.0466. The molecule has 0 atom stereocenters. The van der Waals surface area contributed by atoms with E-state index >= 15 is 0 Å². The molecule has 0 saturated heterocycles. The van der Waals surface area contributed by atoms with Crippen LogP contribution in [0, 0.1) is 17.8 Å². The van der Waals surface area contributed by atoms with E-state index in [4.69, 9.17) is 5.10 Å². The fraction of sp³-hybridized carbons (Fsp3) is 0.778. The Bertz CT molecular complexity index is 584. The van der Waals surface area contributed by atoms with Gasteiger partial charge in [0.15, 0.2) is 5.69 Å². The van der Waals surface area contributed by atoms with Crippen LogP contribution in [0.15, 0.2) is 10.7 Å². The van der Waals surface area contributed by atoms with Crippen LogP contribution in [0.25, 0.3) is 0 Å². The van der Waals surface area contributed by atoms with E-state index in [1.807, 2.05) is 18.7 Å². The van der Waals surface area contributed by atoms with Gasteiger partial charge in [0.1, 0.15) is 0 Å². The fourth-order valence-electron chi connectivity index (χ4n) is 5.75. The number of amides is 1. The smallest absolute Gasteiger partial charge is 0.275 e. The van der Waals surface area contributed by atoms with Crippen LogP contribution in [0.5, 0.6) is 0 Å². The zero-order chi connectivity index (χ0) is 16.2. The lowest BCUT2D eigenvalue weighted by atomic mass is 9.53. The molecule has 1 aromatic rings. The van der Waals surface area contributed by atoms with Crippen molar-refractivity contribution in [2.45, 2.75) is 57.9 Å². The molecule has 4 aliphatic carbocycles. The van der Waals surface area contributed by atoms with E-state index in [9.17, 15) is 4.79 Å². The summed E-state index contributed by atoms with van der Waals surface area (Å²) in [6.45, 7) is 5.49. The Hall–Kier alpha value is -0.840. The van der Waals surface area contributed by atoms with Crippen LogP contribution in [0.2, 0.25) is 0 Å². The van der Waals surface area contributed by atoms with Gasteiger partial charge in [-0.3, -0.25) is 9.48 Å². The number of aromatic nitrogens is 2. The quantitative estimate of drug-likeness (QED) is 0.790. The highest BCUT2D eigenvalue weighted by Crippen LogP contribution is 2.58. The fourth-order valence-corrected chi connectivity index (χ4v) is 6.19. The standard InChI is InChI=1S/C18H26BrN3O/c1-3-21(4-2)17(23)16-15(19)11-22(20-16)18-8-12-5-13(9-18)7-14(6-12)10-18/h11-14H,3-10H2,1-2H3. The first kappa shape index (κ1) is 15.7. The Morgan fingerprint density at radius 2 is 1.74 bits per heavy atom. The monoisotopic (exact) mass is 379 g/mol. The molecular formula is C18H26BrN3O. The molecule has 0 radical (unpaired) electrons. The molecule has 1 aromatic heterocycles. The van der Waals surface area contributed by atoms with Gasteiger partial charge >= 0.3 is 0 Å². The first-order valence-electron chi connectivity index (χ1n) is 9.09. The average molecular weight is 380 g/mol. The van der Waals surface area contributed by atoms with Gasteiger partial charge in [-0.2, -0.15) is 5.10 Å². The maximum absolute atomic E-state index is 12.7. The SMILES string of the molecule is CCN(CC)C(=O)c1nn(C23CC4CC(CC(C4)C2)C3)cc1Br. The van der Waals surface area contributed by atoms with Crippen molar-refractivity contribution < 1.29 is 4.79 Å². The van der Waals surface area contributed by atoms with E-state index in [1.54, 1.807) is 0 Å². The van der Waals surface area contributed by atoms with Crippen molar-refractivity contribution in [1.29, 1.82) is 0 Å². The normalized spacial score (nSPS) is 34.8. The molecule has 126 valence electrons. The van der Waals surface area contributed by atoms with Gasteiger partial charge in [0.2, 0.25) is 0 Å². The van der Waals surface area contributed by atoms with Crippen LogP contribution >= 0.6 is 15.9 Å². The van der Waals surface area contributed by atoms with E-state index in [1.165, 1.54) is 38.5 Å². The first-order chi connectivity index (χ1) is 11.0. The molecule has 4 fully saturated rings. The van der Waals surface area contributed by atoms with Crippen LogP contribution in [0.1, 0.15) is 62.9 Å². The van der Waals surface area contributed by atoms with Crippen molar-refractivity contribution in [3.05, 3.63) is 16.4 Å². The van der Waals surface area contributed by atoms with Crippen molar-refractivity contribution in [2.24, 2.45) is 17.8 Å². The largest absolute Gasteiger partial charge is 0.338 e. The summed E-state index contributed by atoms with van der Waals surface area (Å²) in [5.41, 5.74) is 0.767. The number of halogens is 1. The van der Waals surface area contributed by atoms with Crippen molar-refractivity contribution in [2.75, 3.05) is 13.1 Å². The van der Waals surface area contributed by atoms with Gasteiger partial charge in [-0.25, -0.2) is 0 Å². The van der Waals surface area contributed by atoms with E-state index < -0.39 is 0 Å². The number of hydrogen-bond donors (Lipinski definition) is 0. The number of carbonyl (C=O) groups is 1. The van der Waals surface area contributed by atoms with Gasteiger partial charge in [0.05, 0.1) is 10.0 Å². The van der Waals surface area contributed by atoms with Crippen molar-refractivity contribution in [3.8, 4) is 0 Å². The molecule has 0 aromatic carbocycles. The van der Waals surface area contributed by atoms with Gasteiger partial charge < -0.3 is 4.90 Å². The molecule has 5 heteroatoms. The maximum atomic E-state index is 12.7. The van der Waals surface area contributed by atoms with Crippen molar-refractivity contribution in [3.63, 3.8) is 0 Å². The summed E-state index contributed by atoms with van der Waals surface area (Å²) >= 11 is 3.59. The molecule has 4 saturated carbocycles. The Balaban J connectivity index is 1.66. The second-order valence-corrected chi connectivity index (χ2v) is 8.74. The molecule has 1 heterocycles. The lowest BCUT2D eigenvalue weighted by Crippen LogP contribution is -2.52. The Labute approximate surface area is 146 Å². The van der Waals surface area contributed by atoms with Gasteiger partial charge in [-0.05, 0) is 86.1 Å². The molecule has 0 N–H and O–H groups in total. The first-order valence-corrected chi connectivity index (χ1v) is 9.89. The van der Waals surface area contributed by atoms with E-state index in [0.717, 1.165) is 35.3 Å². The van der Waals surface area contributed by atoms with E-state index in [-0.39, 0.29) is 11.4 Å². The van der Waals surface area contributed by atoms with E-state index in [2.05, 4.69) is 26.8 Å². The minimum absolute atomic E-state index is 0.0466. The number of rotatable bonds is 4. The third-order valence-corrected chi connectivity index (χ3v) is 7.00. The Kier molecular flexibility index (Phi) is 3.82. The van der Waals surface area contributed by atoms with Crippen molar-refractivity contribution in [1.82, 2.24) is 14.7 Å².